The monoisotopic (exact) mass is 266 g/mol. The van der Waals surface area contributed by atoms with Gasteiger partial charge in [0, 0.05) is 18.5 Å². The number of nitrogens with one attached hydrogen (secondary N) is 2. The number of rotatable bonds is 0. The van der Waals surface area contributed by atoms with E-state index in [-0.39, 0.29) is 17.0 Å². The maximum absolute atomic E-state index is 7.75. The molecule has 0 amide bonds. The molecule has 1 aliphatic heterocycles. The predicted octanol–water partition coefficient (Wildman–Crippen LogP) is 1.52. The first-order valence-electron chi connectivity index (χ1n) is 4.64. The topological polar surface area (TPSA) is 53.7 Å². The minimum absolute atomic E-state index is 0. The van der Waals surface area contributed by atoms with Crippen LogP contribution in [-0.2, 0) is 6.54 Å². The lowest BCUT2D eigenvalue weighted by Gasteiger charge is -2.06. The second-order valence-corrected chi connectivity index (χ2v) is 3.38. The molecule has 0 saturated carbocycles. The van der Waals surface area contributed by atoms with Gasteiger partial charge in [0.2, 0.25) is 5.62 Å². The van der Waals surface area contributed by atoms with Crippen molar-refractivity contribution in [3.63, 3.8) is 0 Å². The number of halogens is 1. The Hall–Kier alpha value is -1.36. The Labute approximate surface area is 97.2 Å². The lowest BCUT2D eigenvalue weighted by Crippen LogP contribution is -2.21. The van der Waals surface area contributed by atoms with E-state index in [1.54, 1.807) is 0 Å². The Morgan fingerprint density at radius 3 is 3.00 bits per heavy atom. The van der Waals surface area contributed by atoms with Crippen LogP contribution < -0.4 is 10.9 Å². The molecule has 15 heavy (non-hydrogen) atoms. The maximum Gasteiger partial charge on any atom is 0.224 e. The Balaban J connectivity index is 0.000000853. The van der Waals surface area contributed by atoms with E-state index in [1.165, 1.54) is 0 Å². The molecule has 0 unspecified atom stereocenters. The molecule has 1 aromatic heterocycles. The molecule has 4 nitrogen and oxygen atoms in total. The van der Waals surface area contributed by atoms with Crippen molar-refractivity contribution in [2.24, 2.45) is 0 Å². The van der Waals surface area contributed by atoms with Crippen molar-refractivity contribution in [3.05, 3.63) is 29.9 Å². The fourth-order valence-corrected chi connectivity index (χ4v) is 1.89. The highest BCUT2D eigenvalue weighted by Gasteiger charge is 2.13. The Kier molecular flexibility index (Phi) is 2.48. The molecule has 2 heterocycles. The molecule has 0 spiro atoms. The zero-order valence-electron chi connectivity index (χ0n) is 8.03. The summed E-state index contributed by atoms with van der Waals surface area (Å²) in [6.45, 7) is 1.73. The Morgan fingerprint density at radius 1 is 1.33 bits per heavy atom. The molecular formula is C10H11BrN4. The van der Waals surface area contributed by atoms with Crippen LogP contribution in [0.4, 0.5) is 5.82 Å². The summed E-state index contributed by atoms with van der Waals surface area (Å²) >= 11 is 0. The number of hydrogen-bond donors (Lipinski definition) is 2. The minimum atomic E-state index is 0. The van der Waals surface area contributed by atoms with Crippen LogP contribution in [0.3, 0.4) is 0 Å². The van der Waals surface area contributed by atoms with Crippen molar-refractivity contribution in [2.45, 2.75) is 6.54 Å². The van der Waals surface area contributed by atoms with Crippen molar-refractivity contribution < 1.29 is 0 Å². The highest BCUT2D eigenvalue weighted by atomic mass is 79.9. The summed E-state index contributed by atoms with van der Waals surface area (Å²) in [5.41, 5.74) is 1.22. The van der Waals surface area contributed by atoms with Crippen LogP contribution in [-0.4, -0.2) is 16.1 Å². The number of para-hydroxylation sites is 1. The molecule has 1 aromatic carbocycles. The average Bonchev–Trinajstić information content (AvgIpc) is 2.67. The van der Waals surface area contributed by atoms with E-state index in [2.05, 4.69) is 10.3 Å². The fourth-order valence-electron chi connectivity index (χ4n) is 1.89. The summed E-state index contributed by atoms with van der Waals surface area (Å²) in [6, 6.07) is 7.91. The van der Waals surface area contributed by atoms with Crippen molar-refractivity contribution in [3.8, 4) is 0 Å². The molecule has 0 atom stereocenters. The van der Waals surface area contributed by atoms with Gasteiger partial charge in [-0.05, 0) is 12.1 Å². The van der Waals surface area contributed by atoms with Crippen LogP contribution in [0.5, 0.6) is 0 Å². The number of nitrogens with zero attached hydrogens (tertiary/aromatic N) is 2. The first-order chi connectivity index (χ1) is 6.86. The highest BCUT2D eigenvalue weighted by Crippen LogP contribution is 2.21. The van der Waals surface area contributed by atoms with Crippen molar-refractivity contribution in [1.82, 2.24) is 9.55 Å². The van der Waals surface area contributed by atoms with Crippen molar-refractivity contribution in [1.29, 1.82) is 5.41 Å². The first-order valence-corrected chi connectivity index (χ1v) is 4.64. The summed E-state index contributed by atoms with van der Waals surface area (Å²) in [4.78, 5) is 4.24. The van der Waals surface area contributed by atoms with Crippen LogP contribution in [0.1, 0.15) is 0 Å². The van der Waals surface area contributed by atoms with Gasteiger partial charge in [0.05, 0.1) is 5.52 Å². The van der Waals surface area contributed by atoms with Gasteiger partial charge >= 0.3 is 0 Å². The van der Waals surface area contributed by atoms with Crippen LogP contribution in [0.15, 0.2) is 24.3 Å². The molecule has 0 saturated heterocycles. The summed E-state index contributed by atoms with van der Waals surface area (Å²) < 4.78 is 1.91. The molecule has 0 radical (unpaired) electrons. The van der Waals surface area contributed by atoms with Gasteiger partial charge in [-0.1, -0.05) is 12.1 Å². The average molecular weight is 267 g/mol. The van der Waals surface area contributed by atoms with Gasteiger partial charge in [0.25, 0.3) is 0 Å². The number of aromatic nitrogens is 2. The van der Waals surface area contributed by atoms with E-state index >= 15 is 0 Å². The molecule has 78 valence electrons. The van der Waals surface area contributed by atoms with Crippen LogP contribution in [0, 0.1) is 5.41 Å². The van der Waals surface area contributed by atoms with Gasteiger partial charge < -0.3 is 5.32 Å². The van der Waals surface area contributed by atoms with Crippen molar-refractivity contribution in [2.75, 3.05) is 11.9 Å². The van der Waals surface area contributed by atoms with E-state index in [0.717, 1.165) is 29.8 Å². The van der Waals surface area contributed by atoms with E-state index < -0.39 is 0 Å². The molecule has 1 aliphatic rings. The molecule has 5 heteroatoms. The number of benzene rings is 1. The molecule has 0 bridgehead atoms. The van der Waals surface area contributed by atoms with E-state index in [0.29, 0.717) is 5.62 Å². The SMILES string of the molecule is Br.N=c1nc2ccccc2c2n1CCN2. The lowest BCUT2D eigenvalue weighted by atomic mass is 10.2. The molecule has 3 rings (SSSR count). The van der Waals surface area contributed by atoms with Crippen LogP contribution in [0.25, 0.3) is 10.9 Å². The van der Waals surface area contributed by atoms with Crippen molar-refractivity contribution >= 4 is 33.7 Å². The normalized spacial score (nSPS) is 13.1. The van der Waals surface area contributed by atoms with E-state index in [1.807, 2.05) is 28.8 Å². The van der Waals surface area contributed by atoms with Gasteiger partial charge in [-0.3, -0.25) is 9.98 Å². The summed E-state index contributed by atoms with van der Waals surface area (Å²) in [5.74, 6) is 1.03. The molecular weight excluding hydrogens is 256 g/mol. The summed E-state index contributed by atoms with van der Waals surface area (Å²) in [6.07, 6.45) is 0. The van der Waals surface area contributed by atoms with E-state index in [4.69, 9.17) is 5.41 Å². The molecule has 0 fully saturated rings. The second kappa shape index (κ2) is 3.66. The molecule has 2 aromatic rings. The summed E-state index contributed by atoms with van der Waals surface area (Å²) in [7, 11) is 0. The highest BCUT2D eigenvalue weighted by molar-refractivity contribution is 8.93. The molecule has 0 aliphatic carbocycles. The maximum atomic E-state index is 7.75. The summed E-state index contributed by atoms with van der Waals surface area (Å²) in [5, 5.41) is 12.1. The zero-order valence-corrected chi connectivity index (χ0v) is 9.74. The Bertz CT molecular complexity index is 561. The number of fused-ring (bicyclic) bond motifs is 3. The minimum Gasteiger partial charge on any atom is -0.369 e. The predicted molar refractivity (Wildman–Crippen MR) is 64.4 cm³/mol. The third-order valence-electron chi connectivity index (χ3n) is 2.54. The largest absolute Gasteiger partial charge is 0.369 e. The third kappa shape index (κ3) is 1.43. The van der Waals surface area contributed by atoms with E-state index in [9.17, 15) is 0 Å². The number of anilines is 1. The quantitative estimate of drug-likeness (QED) is 0.760. The third-order valence-corrected chi connectivity index (χ3v) is 2.54. The fraction of sp³-hybridized carbons (Fsp3) is 0.200. The van der Waals surface area contributed by atoms with Crippen LogP contribution >= 0.6 is 17.0 Å². The van der Waals surface area contributed by atoms with Crippen LogP contribution in [0.2, 0.25) is 0 Å². The van der Waals surface area contributed by atoms with Gasteiger partial charge in [0.15, 0.2) is 0 Å². The smallest absolute Gasteiger partial charge is 0.224 e. The second-order valence-electron chi connectivity index (χ2n) is 3.38. The Morgan fingerprint density at radius 2 is 2.13 bits per heavy atom. The van der Waals surface area contributed by atoms with Gasteiger partial charge in [-0.15, -0.1) is 17.0 Å². The standard InChI is InChI=1S/C10H10N4.BrH/c11-10-13-8-4-2-1-3-7(8)9-12-5-6-14(9)10;/h1-4,11-12H,5-6H2;1H. The van der Waals surface area contributed by atoms with Gasteiger partial charge in [-0.25, -0.2) is 4.98 Å². The lowest BCUT2D eigenvalue weighted by molar-refractivity contribution is 0.717. The number of hydrogen-bond acceptors (Lipinski definition) is 3. The zero-order chi connectivity index (χ0) is 9.54. The first kappa shape index (κ1) is 10.2. The van der Waals surface area contributed by atoms with Gasteiger partial charge in [-0.2, -0.15) is 0 Å². The molecule has 2 N–H and O–H groups in total. The van der Waals surface area contributed by atoms with Gasteiger partial charge in [0.1, 0.15) is 5.82 Å².